The van der Waals surface area contributed by atoms with E-state index in [4.69, 9.17) is 19.3 Å². The highest BCUT2D eigenvalue weighted by atomic mass is 16.5. The first kappa shape index (κ1) is 30.0. The SMILES string of the molecule is O=CCCCCCOC(=O)CCCCCOC(=O)CCCCCOC(=O)CCCCCO. The number of aliphatic hydroxyl groups is 1. The van der Waals surface area contributed by atoms with Crippen molar-refractivity contribution in [1.29, 1.82) is 0 Å². The van der Waals surface area contributed by atoms with Gasteiger partial charge in [0.1, 0.15) is 6.29 Å². The Labute approximate surface area is 192 Å². The maximum Gasteiger partial charge on any atom is 0.305 e. The molecule has 0 aromatic heterocycles. The highest BCUT2D eigenvalue weighted by Crippen LogP contribution is 2.07. The van der Waals surface area contributed by atoms with Crippen LogP contribution in [0.1, 0.15) is 103 Å². The van der Waals surface area contributed by atoms with Crippen LogP contribution in [0.25, 0.3) is 0 Å². The number of unbranched alkanes of at least 4 members (excludes halogenated alkanes) is 9. The van der Waals surface area contributed by atoms with Gasteiger partial charge in [0.2, 0.25) is 0 Å². The Balaban J connectivity index is 3.37. The molecule has 0 atom stereocenters. The smallest absolute Gasteiger partial charge is 0.305 e. The van der Waals surface area contributed by atoms with E-state index in [1.54, 1.807) is 0 Å². The number of esters is 3. The summed E-state index contributed by atoms with van der Waals surface area (Å²) in [5.74, 6) is -0.633. The summed E-state index contributed by atoms with van der Waals surface area (Å²) in [6.07, 6.45) is 11.8. The second kappa shape index (κ2) is 23.7. The van der Waals surface area contributed by atoms with E-state index >= 15 is 0 Å². The topological polar surface area (TPSA) is 116 Å². The molecule has 1 N–H and O–H groups in total. The summed E-state index contributed by atoms with van der Waals surface area (Å²) in [6, 6.07) is 0. The molecule has 0 amide bonds. The van der Waals surface area contributed by atoms with Gasteiger partial charge >= 0.3 is 17.9 Å². The Morgan fingerprint density at radius 2 is 0.906 bits per heavy atom. The largest absolute Gasteiger partial charge is 0.466 e. The second-order valence-corrected chi connectivity index (χ2v) is 7.83. The van der Waals surface area contributed by atoms with Crippen LogP contribution in [0.4, 0.5) is 0 Å². The van der Waals surface area contributed by atoms with Gasteiger partial charge < -0.3 is 24.1 Å². The van der Waals surface area contributed by atoms with E-state index in [0.717, 1.165) is 64.1 Å². The van der Waals surface area contributed by atoms with E-state index in [2.05, 4.69) is 0 Å². The highest BCUT2D eigenvalue weighted by Gasteiger charge is 2.06. The number of carbonyl (C=O) groups excluding carboxylic acids is 4. The lowest BCUT2D eigenvalue weighted by atomic mass is 10.2. The maximum absolute atomic E-state index is 11.7. The molecule has 186 valence electrons. The summed E-state index contributed by atoms with van der Waals surface area (Å²) in [7, 11) is 0. The van der Waals surface area contributed by atoms with Crippen LogP contribution in [0.3, 0.4) is 0 Å². The van der Waals surface area contributed by atoms with Crippen molar-refractivity contribution >= 4 is 24.2 Å². The average Bonchev–Trinajstić information content (AvgIpc) is 2.78. The Bertz CT molecular complexity index is 492. The molecule has 0 saturated carbocycles. The molecule has 32 heavy (non-hydrogen) atoms. The average molecular weight is 459 g/mol. The van der Waals surface area contributed by atoms with Crippen molar-refractivity contribution in [3.05, 3.63) is 0 Å². The zero-order valence-corrected chi connectivity index (χ0v) is 19.5. The molecule has 0 saturated heterocycles. The molecule has 0 fully saturated rings. The number of rotatable bonds is 23. The normalized spacial score (nSPS) is 10.5. The number of aliphatic hydroxyl groups excluding tert-OH is 1. The van der Waals surface area contributed by atoms with Crippen molar-refractivity contribution < 1.29 is 38.5 Å². The summed E-state index contributed by atoms with van der Waals surface area (Å²) >= 11 is 0. The number of carbonyl (C=O) groups is 4. The Hall–Kier alpha value is -1.96. The lowest BCUT2D eigenvalue weighted by Crippen LogP contribution is -2.08. The van der Waals surface area contributed by atoms with Crippen LogP contribution in [-0.4, -0.2) is 55.7 Å². The first-order valence-electron chi connectivity index (χ1n) is 12.1. The van der Waals surface area contributed by atoms with Crippen LogP contribution in [0.5, 0.6) is 0 Å². The van der Waals surface area contributed by atoms with Crippen molar-refractivity contribution in [2.75, 3.05) is 26.4 Å². The van der Waals surface area contributed by atoms with Gasteiger partial charge in [0.05, 0.1) is 19.8 Å². The fourth-order valence-electron chi connectivity index (χ4n) is 2.94. The number of hydrogen-bond donors (Lipinski definition) is 1. The van der Waals surface area contributed by atoms with Crippen molar-refractivity contribution in [3.8, 4) is 0 Å². The first-order valence-corrected chi connectivity index (χ1v) is 12.1. The summed E-state index contributed by atoms with van der Waals surface area (Å²) in [4.78, 5) is 44.9. The number of ether oxygens (including phenoxy) is 3. The van der Waals surface area contributed by atoms with Crippen molar-refractivity contribution in [3.63, 3.8) is 0 Å². The van der Waals surface area contributed by atoms with E-state index in [9.17, 15) is 19.2 Å². The predicted molar refractivity (Wildman–Crippen MR) is 120 cm³/mol. The Morgan fingerprint density at radius 3 is 1.28 bits per heavy atom. The molecule has 0 aliphatic carbocycles. The molecule has 0 bridgehead atoms. The minimum absolute atomic E-state index is 0.153. The monoisotopic (exact) mass is 458 g/mol. The van der Waals surface area contributed by atoms with Crippen LogP contribution in [-0.2, 0) is 33.4 Å². The van der Waals surface area contributed by atoms with Gasteiger partial charge in [-0.15, -0.1) is 0 Å². The van der Waals surface area contributed by atoms with Gasteiger partial charge in [0.25, 0.3) is 0 Å². The van der Waals surface area contributed by atoms with Gasteiger partial charge in [-0.25, -0.2) is 0 Å². The Kier molecular flexibility index (Phi) is 22.2. The van der Waals surface area contributed by atoms with Gasteiger partial charge in [-0.05, 0) is 70.6 Å². The van der Waals surface area contributed by atoms with Gasteiger partial charge in [0.15, 0.2) is 0 Å². The predicted octanol–water partition coefficient (Wildman–Crippen LogP) is 4.05. The van der Waals surface area contributed by atoms with Gasteiger partial charge in [-0.2, -0.15) is 0 Å². The van der Waals surface area contributed by atoms with Crippen LogP contribution < -0.4 is 0 Å². The standard InChI is InChI=1S/C24H42O8/c25-17-9-1-2-11-19-30-23(28)15-7-4-13-21-32-24(29)16-8-5-12-20-31-22(27)14-6-3-10-18-26/h17,26H,1-16,18-21H2. The van der Waals surface area contributed by atoms with E-state index in [1.807, 2.05) is 0 Å². The quantitative estimate of drug-likeness (QED) is 0.105. The fraction of sp³-hybridized carbons (Fsp3) is 0.833. The molecule has 0 heterocycles. The molecule has 0 aliphatic heterocycles. The van der Waals surface area contributed by atoms with Crippen molar-refractivity contribution in [2.24, 2.45) is 0 Å². The molecular formula is C24H42O8. The molecule has 0 radical (unpaired) electrons. The zero-order valence-electron chi connectivity index (χ0n) is 19.5. The molecule has 0 aliphatic rings. The van der Waals surface area contributed by atoms with Crippen LogP contribution in [0, 0.1) is 0 Å². The van der Waals surface area contributed by atoms with Gasteiger partial charge in [-0.1, -0.05) is 6.42 Å². The molecule has 0 aromatic carbocycles. The lowest BCUT2D eigenvalue weighted by Gasteiger charge is -2.06. The maximum atomic E-state index is 11.7. The van der Waals surface area contributed by atoms with E-state index in [1.165, 1.54) is 0 Å². The second-order valence-electron chi connectivity index (χ2n) is 7.83. The molecule has 0 aromatic rings. The summed E-state index contributed by atoms with van der Waals surface area (Å²) < 4.78 is 15.4. The molecule has 8 heteroatoms. The van der Waals surface area contributed by atoms with Crippen LogP contribution in [0.2, 0.25) is 0 Å². The number of hydrogen-bond acceptors (Lipinski definition) is 8. The third-order valence-electron chi connectivity index (χ3n) is 4.84. The van der Waals surface area contributed by atoms with Crippen LogP contribution >= 0.6 is 0 Å². The summed E-state index contributed by atoms with van der Waals surface area (Å²) in [5, 5.41) is 8.67. The first-order chi connectivity index (χ1) is 15.6. The number of aldehydes is 1. The van der Waals surface area contributed by atoms with Crippen molar-refractivity contribution in [1.82, 2.24) is 0 Å². The molecule has 0 spiro atoms. The lowest BCUT2D eigenvalue weighted by molar-refractivity contribution is -0.145. The Morgan fingerprint density at radius 1 is 0.531 bits per heavy atom. The molecular weight excluding hydrogens is 416 g/mol. The summed E-state index contributed by atoms with van der Waals surface area (Å²) in [6.45, 7) is 1.29. The van der Waals surface area contributed by atoms with Gasteiger partial charge in [0, 0.05) is 32.3 Å². The third-order valence-corrected chi connectivity index (χ3v) is 4.84. The molecule has 0 unspecified atom stereocenters. The van der Waals surface area contributed by atoms with E-state index < -0.39 is 0 Å². The summed E-state index contributed by atoms with van der Waals surface area (Å²) in [5.41, 5.74) is 0. The van der Waals surface area contributed by atoms with Crippen LogP contribution in [0.15, 0.2) is 0 Å². The molecule has 0 rings (SSSR count). The zero-order chi connectivity index (χ0) is 23.7. The molecule has 8 nitrogen and oxygen atoms in total. The minimum Gasteiger partial charge on any atom is -0.466 e. The third kappa shape index (κ3) is 22.7. The van der Waals surface area contributed by atoms with Crippen molar-refractivity contribution in [2.45, 2.75) is 103 Å². The van der Waals surface area contributed by atoms with E-state index in [-0.39, 0.29) is 24.5 Å². The highest BCUT2D eigenvalue weighted by molar-refractivity contribution is 5.70. The minimum atomic E-state index is -0.222. The fourth-order valence-corrected chi connectivity index (χ4v) is 2.94. The van der Waals surface area contributed by atoms with Gasteiger partial charge in [-0.3, -0.25) is 14.4 Å². The van der Waals surface area contributed by atoms with E-state index in [0.29, 0.717) is 64.8 Å².